The van der Waals surface area contributed by atoms with Gasteiger partial charge in [0.05, 0.1) is 35.2 Å². The van der Waals surface area contributed by atoms with Gasteiger partial charge in [-0.1, -0.05) is 12.1 Å². The number of benzene rings is 1. The second-order valence-corrected chi connectivity index (χ2v) is 9.61. The van der Waals surface area contributed by atoms with Gasteiger partial charge in [-0.25, -0.2) is 4.98 Å². The van der Waals surface area contributed by atoms with Crippen molar-refractivity contribution < 1.29 is 13.2 Å². The SMILES string of the molecule is Cc1cnc(CN[C@@H]2CCc3c(sc4ncn(Cc5cccc(C(F)(F)F)c5)c(=O)c34)C2)cn1. The van der Waals surface area contributed by atoms with Crippen molar-refractivity contribution in [1.82, 2.24) is 24.8 Å². The Hall–Kier alpha value is -3.11. The molecule has 0 aliphatic heterocycles. The molecule has 0 saturated carbocycles. The first-order chi connectivity index (χ1) is 16.3. The second kappa shape index (κ2) is 8.92. The molecule has 3 aromatic heterocycles. The van der Waals surface area contributed by atoms with Gasteiger partial charge in [-0.3, -0.25) is 19.3 Å². The van der Waals surface area contributed by atoms with Gasteiger partial charge in [0.15, 0.2) is 0 Å². The van der Waals surface area contributed by atoms with E-state index in [0.29, 0.717) is 22.3 Å². The standard InChI is InChI=1S/C24H22F3N5OS/c1-14-9-29-18(10-28-14)11-30-17-5-6-19-20(8-17)34-22-21(19)23(33)32(13-31-22)12-15-3-2-4-16(7-15)24(25,26)27/h2-4,7,9-10,13,17,30H,5-6,8,11-12H2,1H3/t17-/m1/s1. The van der Waals surface area contributed by atoms with Gasteiger partial charge in [0, 0.05) is 29.9 Å². The summed E-state index contributed by atoms with van der Waals surface area (Å²) >= 11 is 1.52. The fourth-order valence-electron chi connectivity index (χ4n) is 4.29. The molecule has 1 aromatic carbocycles. The maximum Gasteiger partial charge on any atom is 0.416 e. The molecule has 34 heavy (non-hydrogen) atoms. The highest BCUT2D eigenvalue weighted by atomic mass is 32.1. The lowest BCUT2D eigenvalue weighted by Gasteiger charge is -2.23. The third-order valence-corrected chi connectivity index (χ3v) is 7.21. The monoisotopic (exact) mass is 485 g/mol. The molecular formula is C24H22F3N5OS. The van der Waals surface area contributed by atoms with Gasteiger partial charge < -0.3 is 5.32 Å². The van der Waals surface area contributed by atoms with Gasteiger partial charge in [0.2, 0.25) is 0 Å². The molecule has 0 amide bonds. The Kier molecular flexibility index (Phi) is 5.95. The number of rotatable bonds is 5. The topological polar surface area (TPSA) is 72.7 Å². The van der Waals surface area contributed by atoms with Crippen molar-refractivity contribution in [3.8, 4) is 0 Å². The first-order valence-corrected chi connectivity index (χ1v) is 11.8. The van der Waals surface area contributed by atoms with E-state index in [0.717, 1.165) is 53.2 Å². The number of aromatic nitrogens is 4. The van der Waals surface area contributed by atoms with Crippen LogP contribution in [0.15, 0.2) is 47.8 Å². The Morgan fingerprint density at radius 3 is 2.82 bits per heavy atom. The molecule has 0 fully saturated rings. The lowest BCUT2D eigenvalue weighted by atomic mass is 9.93. The van der Waals surface area contributed by atoms with Crippen LogP contribution >= 0.6 is 11.3 Å². The fourth-order valence-corrected chi connectivity index (χ4v) is 5.55. The van der Waals surface area contributed by atoms with Crippen molar-refractivity contribution in [2.75, 3.05) is 0 Å². The summed E-state index contributed by atoms with van der Waals surface area (Å²) in [5, 5.41) is 4.12. The van der Waals surface area contributed by atoms with E-state index in [1.165, 1.54) is 28.3 Å². The zero-order chi connectivity index (χ0) is 23.9. The molecule has 0 saturated heterocycles. The van der Waals surface area contributed by atoms with Crippen molar-refractivity contribution in [3.63, 3.8) is 0 Å². The van der Waals surface area contributed by atoms with E-state index in [4.69, 9.17) is 0 Å². The molecule has 0 radical (unpaired) electrons. The average Bonchev–Trinajstić information content (AvgIpc) is 3.19. The highest BCUT2D eigenvalue weighted by Crippen LogP contribution is 2.34. The minimum Gasteiger partial charge on any atom is -0.308 e. The number of nitrogens with zero attached hydrogens (tertiary/aromatic N) is 4. The minimum atomic E-state index is -4.42. The Morgan fingerprint density at radius 1 is 1.21 bits per heavy atom. The van der Waals surface area contributed by atoms with Crippen LogP contribution in [0.25, 0.3) is 10.2 Å². The Bertz CT molecular complexity index is 1390. The molecule has 3 heterocycles. The van der Waals surface area contributed by atoms with Crippen LogP contribution in [0, 0.1) is 6.92 Å². The third-order valence-electron chi connectivity index (χ3n) is 6.05. The largest absolute Gasteiger partial charge is 0.416 e. The summed E-state index contributed by atoms with van der Waals surface area (Å²) in [5.74, 6) is 0. The van der Waals surface area contributed by atoms with E-state index in [2.05, 4.69) is 20.3 Å². The van der Waals surface area contributed by atoms with Gasteiger partial charge in [-0.2, -0.15) is 13.2 Å². The van der Waals surface area contributed by atoms with Gasteiger partial charge in [0.25, 0.3) is 5.56 Å². The van der Waals surface area contributed by atoms with E-state index in [9.17, 15) is 18.0 Å². The van der Waals surface area contributed by atoms with Crippen molar-refractivity contribution in [1.29, 1.82) is 0 Å². The van der Waals surface area contributed by atoms with Crippen LogP contribution in [-0.4, -0.2) is 25.6 Å². The molecular weight excluding hydrogens is 463 g/mol. The summed E-state index contributed by atoms with van der Waals surface area (Å²) in [7, 11) is 0. The normalized spacial score (nSPS) is 16.1. The molecule has 4 aromatic rings. The molecule has 1 atom stereocenters. The summed E-state index contributed by atoms with van der Waals surface area (Å²) in [6, 6.07) is 5.31. The first kappa shape index (κ1) is 22.7. The molecule has 1 N–H and O–H groups in total. The predicted molar refractivity (Wildman–Crippen MR) is 124 cm³/mol. The number of nitrogens with one attached hydrogen (secondary N) is 1. The molecule has 0 unspecified atom stereocenters. The highest BCUT2D eigenvalue weighted by Gasteiger charge is 2.30. The predicted octanol–water partition coefficient (Wildman–Crippen LogP) is 4.27. The number of aryl methyl sites for hydroxylation is 2. The van der Waals surface area contributed by atoms with Gasteiger partial charge in [-0.15, -0.1) is 11.3 Å². The van der Waals surface area contributed by atoms with E-state index < -0.39 is 11.7 Å². The van der Waals surface area contributed by atoms with Gasteiger partial charge >= 0.3 is 6.18 Å². The first-order valence-electron chi connectivity index (χ1n) is 10.9. The summed E-state index contributed by atoms with van der Waals surface area (Å²) < 4.78 is 40.5. The van der Waals surface area contributed by atoms with Crippen molar-refractivity contribution in [2.24, 2.45) is 0 Å². The van der Waals surface area contributed by atoms with Crippen LogP contribution in [0.4, 0.5) is 13.2 Å². The van der Waals surface area contributed by atoms with Gasteiger partial charge in [0.1, 0.15) is 4.83 Å². The lowest BCUT2D eigenvalue weighted by molar-refractivity contribution is -0.137. The van der Waals surface area contributed by atoms with Crippen LogP contribution in [0.1, 0.15) is 39.4 Å². The van der Waals surface area contributed by atoms with Crippen molar-refractivity contribution >= 4 is 21.6 Å². The van der Waals surface area contributed by atoms with E-state index in [1.54, 1.807) is 18.5 Å². The molecule has 10 heteroatoms. The number of halogens is 3. The summed E-state index contributed by atoms with van der Waals surface area (Å²) in [5.41, 5.74) is 2.25. The van der Waals surface area contributed by atoms with Gasteiger partial charge in [-0.05, 0) is 49.4 Å². The van der Waals surface area contributed by atoms with E-state index >= 15 is 0 Å². The third kappa shape index (κ3) is 4.60. The second-order valence-electron chi connectivity index (χ2n) is 8.53. The highest BCUT2D eigenvalue weighted by molar-refractivity contribution is 7.18. The summed E-state index contributed by atoms with van der Waals surface area (Å²) in [6.45, 7) is 2.56. The van der Waals surface area contributed by atoms with Crippen LogP contribution in [0.2, 0.25) is 0 Å². The van der Waals surface area contributed by atoms with Crippen LogP contribution in [-0.2, 0) is 32.1 Å². The molecule has 0 spiro atoms. The maximum absolute atomic E-state index is 13.2. The number of fused-ring (bicyclic) bond motifs is 3. The molecule has 6 nitrogen and oxygen atoms in total. The maximum atomic E-state index is 13.2. The number of hydrogen-bond acceptors (Lipinski definition) is 6. The van der Waals surface area contributed by atoms with Crippen LogP contribution in [0.3, 0.4) is 0 Å². The molecule has 0 bridgehead atoms. The smallest absolute Gasteiger partial charge is 0.308 e. The fraction of sp³-hybridized carbons (Fsp3) is 0.333. The summed E-state index contributed by atoms with van der Waals surface area (Å²) in [4.78, 5) is 28.2. The minimum absolute atomic E-state index is 0.0398. The number of alkyl halides is 3. The molecule has 5 rings (SSSR count). The zero-order valence-corrected chi connectivity index (χ0v) is 19.2. The average molecular weight is 486 g/mol. The molecule has 1 aliphatic carbocycles. The Balaban J connectivity index is 1.36. The van der Waals surface area contributed by atoms with Crippen molar-refractivity contribution in [3.05, 3.63) is 86.3 Å². The Labute approximate surface area is 197 Å². The molecule has 176 valence electrons. The van der Waals surface area contributed by atoms with Crippen LogP contribution in [0.5, 0.6) is 0 Å². The van der Waals surface area contributed by atoms with Crippen LogP contribution < -0.4 is 10.9 Å². The lowest BCUT2D eigenvalue weighted by Crippen LogP contribution is -2.34. The zero-order valence-electron chi connectivity index (χ0n) is 18.4. The van der Waals surface area contributed by atoms with Crippen molar-refractivity contribution in [2.45, 2.75) is 51.5 Å². The van der Waals surface area contributed by atoms with E-state index in [1.807, 2.05) is 6.92 Å². The van der Waals surface area contributed by atoms with E-state index in [-0.39, 0.29) is 18.1 Å². The summed E-state index contributed by atoms with van der Waals surface area (Å²) in [6.07, 6.45) is 2.94. The number of hydrogen-bond donors (Lipinski definition) is 1. The molecule has 1 aliphatic rings. The Morgan fingerprint density at radius 2 is 2.06 bits per heavy atom. The quantitative estimate of drug-likeness (QED) is 0.457. The number of thiophene rings is 1.